The molecule has 0 bridgehead atoms. The van der Waals surface area contributed by atoms with Crippen LogP contribution in [0.3, 0.4) is 0 Å². The summed E-state index contributed by atoms with van der Waals surface area (Å²) in [6.07, 6.45) is 2.30. The van der Waals surface area contributed by atoms with Crippen LogP contribution in [0.4, 0.5) is 5.69 Å². The maximum atomic E-state index is 10.1. The fourth-order valence-electron chi connectivity index (χ4n) is 3.77. The van der Waals surface area contributed by atoms with E-state index in [1.165, 1.54) is 6.42 Å². The summed E-state index contributed by atoms with van der Waals surface area (Å²) in [5, 5.41) is 13.5. The molecule has 156 valence electrons. The Balaban J connectivity index is 1.43. The van der Waals surface area contributed by atoms with E-state index in [0.717, 1.165) is 90.2 Å². The van der Waals surface area contributed by atoms with Crippen LogP contribution in [0.5, 0.6) is 5.75 Å². The summed E-state index contributed by atoms with van der Waals surface area (Å²) in [7, 11) is 0. The van der Waals surface area contributed by atoms with Crippen LogP contribution in [0.25, 0.3) is 0 Å². The molecule has 0 spiro atoms. The van der Waals surface area contributed by atoms with Crippen molar-refractivity contribution in [2.45, 2.75) is 19.8 Å². The molecule has 2 aliphatic rings. The molecule has 0 radical (unpaired) electrons. The van der Waals surface area contributed by atoms with Crippen LogP contribution < -0.4 is 10.2 Å². The van der Waals surface area contributed by atoms with Crippen molar-refractivity contribution in [2.24, 2.45) is 4.99 Å². The highest BCUT2D eigenvalue weighted by Gasteiger charge is 2.21. The summed E-state index contributed by atoms with van der Waals surface area (Å²) in [6, 6.07) is 7.58. The highest BCUT2D eigenvalue weighted by atomic mass is 16.5. The topological polar surface area (TPSA) is 63.6 Å². The number of rotatable bonds is 7. The Kier molecular flexibility index (Phi) is 8.23. The Morgan fingerprint density at radius 1 is 1.07 bits per heavy atom. The zero-order valence-corrected chi connectivity index (χ0v) is 17.1. The van der Waals surface area contributed by atoms with E-state index < -0.39 is 0 Å². The van der Waals surface area contributed by atoms with Crippen molar-refractivity contribution in [3.05, 3.63) is 24.3 Å². The third-order valence-electron chi connectivity index (χ3n) is 5.38. The number of para-hydroxylation sites is 2. The van der Waals surface area contributed by atoms with E-state index in [-0.39, 0.29) is 0 Å². The number of hydrogen-bond acceptors (Lipinski definition) is 5. The first-order chi connectivity index (χ1) is 13.8. The van der Waals surface area contributed by atoms with Crippen LogP contribution in [0.2, 0.25) is 0 Å². The van der Waals surface area contributed by atoms with Crippen molar-refractivity contribution >= 4 is 11.6 Å². The summed E-state index contributed by atoms with van der Waals surface area (Å²) in [6.45, 7) is 12.5. The van der Waals surface area contributed by atoms with Gasteiger partial charge in [-0.05, 0) is 38.4 Å². The van der Waals surface area contributed by atoms with Crippen LogP contribution >= 0.6 is 0 Å². The Hall–Kier alpha value is -1.99. The van der Waals surface area contributed by atoms with Gasteiger partial charge in [-0.3, -0.25) is 9.89 Å². The van der Waals surface area contributed by atoms with E-state index >= 15 is 0 Å². The maximum Gasteiger partial charge on any atom is 0.194 e. The molecular formula is C21H35N5O2. The second kappa shape index (κ2) is 11.1. The second-order valence-electron chi connectivity index (χ2n) is 7.36. The number of phenols is 1. The maximum absolute atomic E-state index is 10.1. The van der Waals surface area contributed by atoms with Gasteiger partial charge in [0, 0.05) is 52.4 Å². The van der Waals surface area contributed by atoms with Crippen molar-refractivity contribution in [3.63, 3.8) is 0 Å². The number of ether oxygens (including phenoxy) is 1. The van der Waals surface area contributed by atoms with Crippen LogP contribution in [0, 0.1) is 0 Å². The average Bonchev–Trinajstić information content (AvgIpc) is 2.74. The number of benzene rings is 1. The highest BCUT2D eigenvalue weighted by molar-refractivity contribution is 5.80. The lowest BCUT2D eigenvalue weighted by molar-refractivity contribution is 0.0373. The fraction of sp³-hybridized carbons (Fsp3) is 0.667. The van der Waals surface area contributed by atoms with Gasteiger partial charge in [0.2, 0.25) is 0 Å². The summed E-state index contributed by atoms with van der Waals surface area (Å²) < 4.78 is 5.40. The lowest BCUT2D eigenvalue weighted by atomic mass is 10.2. The number of piperazine rings is 1. The Labute approximate surface area is 169 Å². The predicted molar refractivity (Wildman–Crippen MR) is 114 cm³/mol. The van der Waals surface area contributed by atoms with E-state index in [0.29, 0.717) is 5.75 Å². The third-order valence-corrected chi connectivity index (χ3v) is 5.38. The zero-order valence-electron chi connectivity index (χ0n) is 17.1. The summed E-state index contributed by atoms with van der Waals surface area (Å²) in [4.78, 5) is 11.9. The zero-order chi connectivity index (χ0) is 19.6. The SMILES string of the molecule is CCNC(=NCCCCN1CCOCC1)N1CCN(c2ccccc2O)CC1. The molecule has 0 aliphatic carbocycles. The minimum absolute atomic E-state index is 0.358. The molecule has 0 saturated carbocycles. The van der Waals surface area contributed by atoms with E-state index in [9.17, 15) is 5.11 Å². The number of phenolic OH excluding ortho intramolecular Hbond substituents is 1. The first-order valence-corrected chi connectivity index (χ1v) is 10.6. The molecule has 2 heterocycles. The highest BCUT2D eigenvalue weighted by Crippen LogP contribution is 2.27. The monoisotopic (exact) mass is 389 g/mol. The van der Waals surface area contributed by atoms with E-state index in [4.69, 9.17) is 9.73 Å². The van der Waals surface area contributed by atoms with Crippen molar-refractivity contribution in [1.82, 2.24) is 15.1 Å². The number of aromatic hydroxyl groups is 1. The van der Waals surface area contributed by atoms with Gasteiger partial charge in [-0.1, -0.05) is 12.1 Å². The van der Waals surface area contributed by atoms with Gasteiger partial charge in [-0.25, -0.2) is 0 Å². The van der Waals surface area contributed by atoms with Crippen molar-refractivity contribution < 1.29 is 9.84 Å². The number of hydrogen-bond donors (Lipinski definition) is 2. The summed E-state index contributed by atoms with van der Waals surface area (Å²) in [5.41, 5.74) is 0.923. The van der Waals surface area contributed by atoms with E-state index in [1.54, 1.807) is 6.07 Å². The molecule has 0 unspecified atom stereocenters. The number of nitrogens with one attached hydrogen (secondary N) is 1. The molecule has 2 saturated heterocycles. The Morgan fingerprint density at radius 3 is 2.54 bits per heavy atom. The number of anilines is 1. The third kappa shape index (κ3) is 6.01. The first kappa shape index (κ1) is 20.7. The Bertz CT molecular complexity index is 611. The lowest BCUT2D eigenvalue weighted by Crippen LogP contribution is -2.52. The van der Waals surface area contributed by atoms with Crippen molar-refractivity contribution in [1.29, 1.82) is 0 Å². The molecule has 3 rings (SSSR count). The van der Waals surface area contributed by atoms with Gasteiger partial charge in [0.15, 0.2) is 5.96 Å². The van der Waals surface area contributed by atoms with Crippen LogP contribution in [-0.4, -0.2) is 93.0 Å². The largest absolute Gasteiger partial charge is 0.506 e. The minimum atomic E-state index is 0.358. The van der Waals surface area contributed by atoms with Crippen LogP contribution in [0.15, 0.2) is 29.3 Å². The molecule has 1 aromatic rings. The number of guanidine groups is 1. The summed E-state index contributed by atoms with van der Waals surface area (Å²) >= 11 is 0. The summed E-state index contributed by atoms with van der Waals surface area (Å²) in [5.74, 6) is 1.38. The van der Waals surface area contributed by atoms with Gasteiger partial charge < -0.3 is 25.0 Å². The smallest absolute Gasteiger partial charge is 0.194 e. The normalized spacial score (nSPS) is 19.1. The van der Waals surface area contributed by atoms with E-state index in [1.807, 2.05) is 18.2 Å². The molecule has 7 heteroatoms. The Morgan fingerprint density at radius 2 is 1.82 bits per heavy atom. The minimum Gasteiger partial charge on any atom is -0.506 e. The standard InChI is InChI=1S/C21H35N5O2/c1-2-22-21(23-9-5-6-10-24-15-17-28-18-16-24)26-13-11-25(12-14-26)19-7-3-4-8-20(19)27/h3-4,7-8,27H,2,5-6,9-18H2,1H3,(H,22,23). The number of nitrogens with zero attached hydrogens (tertiary/aromatic N) is 4. The number of unbranched alkanes of at least 4 members (excludes halogenated alkanes) is 1. The average molecular weight is 390 g/mol. The predicted octanol–water partition coefficient (Wildman–Crippen LogP) is 1.59. The molecule has 28 heavy (non-hydrogen) atoms. The molecule has 0 amide bonds. The molecule has 2 fully saturated rings. The van der Waals surface area contributed by atoms with Gasteiger partial charge >= 0.3 is 0 Å². The number of aliphatic imine (C=N–C) groups is 1. The quantitative estimate of drug-likeness (QED) is 0.420. The van der Waals surface area contributed by atoms with Gasteiger partial charge in [-0.15, -0.1) is 0 Å². The van der Waals surface area contributed by atoms with Crippen LogP contribution in [0.1, 0.15) is 19.8 Å². The number of morpholine rings is 1. The van der Waals surface area contributed by atoms with Crippen molar-refractivity contribution in [2.75, 3.05) is 77.0 Å². The fourth-order valence-corrected chi connectivity index (χ4v) is 3.77. The van der Waals surface area contributed by atoms with E-state index in [2.05, 4.69) is 26.9 Å². The molecule has 2 aliphatic heterocycles. The van der Waals surface area contributed by atoms with Gasteiger partial charge in [0.05, 0.1) is 18.9 Å². The van der Waals surface area contributed by atoms with Crippen LogP contribution in [-0.2, 0) is 4.74 Å². The van der Waals surface area contributed by atoms with Gasteiger partial charge in [-0.2, -0.15) is 0 Å². The molecule has 0 aromatic heterocycles. The van der Waals surface area contributed by atoms with Crippen molar-refractivity contribution in [3.8, 4) is 5.75 Å². The molecule has 1 aromatic carbocycles. The van der Waals surface area contributed by atoms with Gasteiger partial charge in [0.1, 0.15) is 5.75 Å². The lowest BCUT2D eigenvalue weighted by Gasteiger charge is -2.37. The molecular weight excluding hydrogens is 354 g/mol. The first-order valence-electron chi connectivity index (χ1n) is 10.6. The molecule has 7 nitrogen and oxygen atoms in total. The molecule has 0 atom stereocenters. The molecule has 2 N–H and O–H groups in total. The second-order valence-corrected chi connectivity index (χ2v) is 7.36. The van der Waals surface area contributed by atoms with Gasteiger partial charge in [0.25, 0.3) is 0 Å².